The van der Waals surface area contributed by atoms with Gasteiger partial charge in [0.1, 0.15) is 5.76 Å². The smallest absolute Gasteiger partial charge is 0.343 e. The van der Waals surface area contributed by atoms with E-state index in [4.69, 9.17) is 4.52 Å². The first-order chi connectivity index (χ1) is 8.20. The molecule has 0 unspecified atom stereocenters. The van der Waals surface area contributed by atoms with E-state index < -0.39 is 0 Å². The predicted molar refractivity (Wildman–Crippen MR) is 63.9 cm³/mol. The predicted octanol–water partition coefficient (Wildman–Crippen LogP) is 1.57. The number of aryl methyl sites for hydroxylation is 1. The van der Waals surface area contributed by atoms with Crippen LogP contribution < -0.4 is 5.69 Å². The van der Waals surface area contributed by atoms with Crippen molar-refractivity contribution >= 4 is 11.8 Å². The third kappa shape index (κ3) is 2.79. The SMILES string of the molecule is CCCn1c(SCc2cc(C)on2)n[nH]c1=O. The third-order valence-electron chi connectivity index (χ3n) is 2.20. The second-order valence-corrected chi connectivity index (χ2v) is 4.62. The molecule has 2 aromatic rings. The molecule has 0 aromatic carbocycles. The van der Waals surface area contributed by atoms with E-state index in [2.05, 4.69) is 15.4 Å². The summed E-state index contributed by atoms with van der Waals surface area (Å²) in [6, 6.07) is 1.88. The van der Waals surface area contributed by atoms with Crippen LogP contribution in [0, 0.1) is 6.92 Å². The van der Waals surface area contributed by atoms with Crippen molar-refractivity contribution in [3.63, 3.8) is 0 Å². The molecule has 0 aliphatic carbocycles. The maximum Gasteiger partial charge on any atom is 0.343 e. The number of thioether (sulfide) groups is 1. The summed E-state index contributed by atoms with van der Waals surface area (Å²) in [4.78, 5) is 11.4. The van der Waals surface area contributed by atoms with Gasteiger partial charge in [-0.15, -0.1) is 5.10 Å². The number of nitrogens with zero attached hydrogens (tertiary/aromatic N) is 3. The van der Waals surface area contributed by atoms with Gasteiger partial charge < -0.3 is 4.52 Å². The van der Waals surface area contributed by atoms with Gasteiger partial charge in [0.2, 0.25) is 0 Å². The molecule has 0 aliphatic heterocycles. The molecule has 2 heterocycles. The Hall–Kier alpha value is -1.50. The summed E-state index contributed by atoms with van der Waals surface area (Å²) in [6.07, 6.45) is 0.899. The van der Waals surface area contributed by atoms with Gasteiger partial charge in [-0.25, -0.2) is 9.89 Å². The van der Waals surface area contributed by atoms with Crippen LogP contribution in [-0.2, 0) is 12.3 Å². The summed E-state index contributed by atoms with van der Waals surface area (Å²) in [6.45, 7) is 4.55. The number of rotatable bonds is 5. The molecule has 6 nitrogen and oxygen atoms in total. The maximum absolute atomic E-state index is 11.4. The van der Waals surface area contributed by atoms with Crippen molar-refractivity contribution in [2.24, 2.45) is 0 Å². The van der Waals surface area contributed by atoms with Gasteiger partial charge in [0.25, 0.3) is 0 Å². The Labute approximate surface area is 102 Å². The van der Waals surface area contributed by atoms with E-state index in [0.29, 0.717) is 17.5 Å². The van der Waals surface area contributed by atoms with Gasteiger partial charge in [-0.3, -0.25) is 4.57 Å². The Morgan fingerprint density at radius 1 is 1.59 bits per heavy atom. The quantitative estimate of drug-likeness (QED) is 0.819. The van der Waals surface area contributed by atoms with Crippen molar-refractivity contribution < 1.29 is 4.52 Å². The lowest BCUT2D eigenvalue weighted by Gasteiger charge is -2.01. The molecule has 17 heavy (non-hydrogen) atoms. The highest BCUT2D eigenvalue weighted by molar-refractivity contribution is 7.98. The Morgan fingerprint density at radius 2 is 2.41 bits per heavy atom. The van der Waals surface area contributed by atoms with Gasteiger partial charge >= 0.3 is 5.69 Å². The van der Waals surface area contributed by atoms with Gasteiger partial charge in [0.15, 0.2) is 5.16 Å². The Morgan fingerprint density at radius 3 is 3.06 bits per heavy atom. The van der Waals surface area contributed by atoms with E-state index in [1.807, 2.05) is 19.9 Å². The highest BCUT2D eigenvalue weighted by Gasteiger charge is 2.09. The van der Waals surface area contributed by atoms with Crippen LogP contribution in [0.3, 0.4) is 0 Å². The summed E-state index contributed by atoms with van der Waals surface area (Å²) < 4.78 is 6.61. The van der Waals surface area contributed by atoms with E-state index >= 15 is 0 Å². The van der Waals surface area contributed by atoms with Gasteiger partial charge in [-0.05, 0) is 13.3 Å². The molecular weight excluding hydrogens is 240 g/mol. The van der Waals surface area contributed by atoms with Crippen molar-refractivity contribution in [2.75, 3.05) is 0 Å². The molecule has 2 aromatic heterocycles. The minimum Gasteiger partial charge on any atom is -0.361 e. The lowest BCUT2D eigenvalue weighted by molar-refractivity contribution is 0.393. The molecule has 0 atom stereocenters. The number of H-pyrrole nitrogens is 1. The summed E-state index contributed by atoms with van der Waals surface area (Å²) >= 11 is 1.47. The largest absolute Gasteiger partial charge is 0.361 e. The monoisotopic (exact) mass is 254 g/mol. The summed E-state index contributed by atoms with van der Waals surface area (Å²) in [5.74, 6) is 1.43. The highest BCUT2D eigenvalue weighted by atomic mass is 32.2. The maximum atomic E-state index is 11.4. The zero-order valence-electron chi connectivity index (χ0n) is 9.77. The molecule has 0 bridgehead atoms. The number of aromatic amines is 1. The van der Waals surface area contributed by atoms with Crippen LogP contribution in [0.1, 0.15) is 24.8 Å². The summed E-state index contributed by atoms with van der Waals surface area (Å²) in [5.41, 5.74) is 0.691. The number of hydrogen-bond acceptors (Lipinski definition) is 5. The van der Waals surface area contributed by atoms with Crippen molar-refractivity contribution in [3.8, 4) is 0 Å². The molecule has 1 N–H and O–H groups in total. The second-order valence-electron chi connectivity index (χ2n) is 3.68. The Kier molecular flexibility index (Phi) is 3.68. The van der Waals surface area contributed by atoms with E-state index in [1.165, 1.54) is 11.8 Å². The van der Waals surface area contributed by atoms with Gasteiger partial charge in [-0.2, -0.15) is 0 Å². The number of nitrogens with one attached hydrogen (secondary N) is 1. The average molecular weight is 254 g/mol. The molecule has 7 heteroatoms. The molecular formula is C10H14N4O2S. The molecule has 0 fully saturated rings. The van der Waals surface area contributed by atoms with Crippen LogP contribution in [0.4, 0.5) is 0 Å². The van der Waals surface area contributed by atoms with E-state index in [0.717, 1.165) is 17.9 Å². The van der Waals surface area contributed by atoms with Crippen molar-refractivity contribution in [1.29, 1.82) is 0 Å². The zero-order valence-corrected chi connectivity index (χ0v) is 10.6. The normalized spacial score (nSPS) is 10.9. The minimum absolute atomic E-state index is 0.161. The average Bonchev–Trinajstić information content (AvgIpc) is 2.86. The van der Waals surface area contributed by atoms with Crippen LogP contribution in [0.15, 0.2) is 20.5 Å². The summed E-state index contributed by atoms with van der Waals surface area (Å²) in [5, 5.41) is 11.0. The molecule has 0 aliphatic rings. The molecule has 0 spiro atoms. The molecule has 0 saturated carbocycles. The lowest BCUT2D eigenvalue weighted by Crippen LogP contribution is -2.17. The van der Waals surface area contributed by atoms with Crippen LogP contribution in [0.5, 0.6) is 0 Å². The van der Waals surface area contributed by atoms with Crippen LogP contribution >= 0.6 is 11.8 Å². The van der Waals surface area contributed by atoms with E-state index in [-0.39, 0.29) is 5.69 Å². The molecule has 2 rings (SSSR count). The first-order valence-corrected chi connectivity index (χ1v) is 6.39. The van der Waals surface area contributed by atoms with Crippen LogP contribution in [-0.4, -0.2) is 19.9 Å². The summed E-state index contributed by atoms with van der Waals surface area (Å²) in [7, 11) is 0. The van der Waals surface area contributed by atoms with E-state index in [1.54, 1.807) is 4.57 Å². The highest BCUT2D eigenvalue weighted by Crippen LogP contribution is 2.19. The second kappa shape index (κ2) is 5.22. The lowest BCUT2D eigenvalue weighted by atomic mass is 10.4. The van der Waals surface area contributed by atoms with Crippen molar-refractivity contribution in [1.82, 2.24) is 19.9 Å². The van der Waals surface area contributed by atoms with Crippen molar-refractivity contribution in [2.45, 2.75) is 37.7 Å². The zero-order chi connectivity index (χ0) is 12.3. The first-order valence-electron chi connectivity index (χ1n) is 5.41. The third-order valence-corrected chi connectivity index (χ3v) is 3.21. The Balaban J connectivity index is 2.06. The fourth-order valence-electron chi connectivity index (χ4n) is 1.46. The molecule has 0 amide bonds. The number of aromatic nitrogens is 4. The molecule has 92 valence electrons. The fourth-order valence-corrected chi connectivity index (χ4v) is 2.31. The van der Waals surface area contributed by atoms with Gasteiger partial charge in [-0.1, -0.05) is 23.8 Å². The van der Waals surface area contributed by atoms with Gasteiger partial charge in [0.05, 0.1) is 5.69 Å². The standard InChI is InChI=1S/C10H14N4O2S/c1-3-4-14-9(15)11-12-10(14)17-6-8-5-7(2)16-13-8/h5H,3-4,6H2,1-2H3,(H,11,15). The van der Waals surface area contributed by atoms with Crippen LogP contribution in [0.25, 0.3) is 0 Å². The van der Waals surface area contributed by atoms with Gasteiger partial charge in [0, 0.05) is 18.4 Å². The molecule has 0 saturated heterocycles. The van der Waals surface area contributed by atoms with E-state index in [9.17, 15) is 4.79 Å². The Bertz CT molecular complexity index is 542. The number of hydrogen-bond donors (Lipinski definition) is 1. The van der Waals surface area contributed by atoms with Crippen LogP contribution in [0.2, 0.25) is 0 Å². The van der Waals surface area contributed by atoms with Crippen molar-refractivity contribution in [3.05, 3.63) is 28.0 Å². The fraction of sp³-hybridized carbons (Fsp3) is 0.500. The topological polar surface area (TPSA) is 76.7 Å². The molecule has 0 radical (unpaired) electrons. The minimum atomic E-state index is -0.161. The first kappa shape index (κ1) is 12.0.